The largest absolute Gasteiger partial charge is 0.386 e. The van der Waals surface area contributed by atoms with Crippen LogP contribution in [0.25, 0.3) is 0 Å². The van der Waals surface area contributed by atoms with Crippen molar-refractivity contribution in [3.63, 3.8) is 0 Å². The predicted molar refractivity (Wildman–Crippen MR) is 53.7 cm³/mol. The lowest BCUT2D eigenvalue weighted by atomic mass is 10.2. The minimum Gasteiger partial charge on any atom is -0.386 e. The number of benzene rings is 1. The molecule has 0 aliphatic rings. The summed E-state index contributed by atoms with van der Waals surface area (Å²) >= 11 is 0. The zero-order chi connectivity index (χ0) is 9.68. The summed E-state index contributed by atoms with van der Waals surface area (Å²) in [5, 5.41) is 5.65. The molecule has 4 nitrogen and oxygen atoms in total. The van der Waals surface area contributed by atoms with Crippen LogP contribution in [0, 0.1) is 0 Å². The molecule has 0 saturated heterocycles. The molecule has 13 heavy (non-hydrogen) atoms. The molecule has 0 aliphatic carbocycles. The van der Waals surface area contributed by atoms with Crippen molar-refractivity contribution >= 4 is 17.3 Å². The van der Waals surface area contributed by atoms with Crippen molar-refractivity contribution in [1.29, 1.82) is 0 Å². The highest BCUT2D eigenvalue weighted by atomic mass is 16.1. The van der Waals surface area contributed by atoms with Gasteiger partial charge in [-0.25, -0.2) is 0 Å². The number of nitrogens with one attached hydrogen (secondary N) is 2. The zero-order valence-electron chi connectivity index (χ0n) is 7.50. The first-order chi connectivity index (χ1) is 6.27. The summed E-state index contributed by atoms with van der Waals surface area (Å²) in [6.07, 6.45) is 0. The average Bonchev–Trinajstić information content (AvgIpc) is 2.18. The molecule has 0 aromatic heterocycles. The number of carbonyl (C=O) groups is 1. The summed E-state index contributed by atoms with van der Waals surface area (Å²) in [5.74, 6) is -0.192. The number of anilines is 2. The number of para-hydroxylation sites is 2. The standard InChI is InChI=1S/C9H13N3O/c1-11-7-4-2-3-5-8(7)12-9(13)6-10/h2-5,11H,6,10H2,1H3,(H,12,13). The molecule has 1 aromatic carbocycles. The van der Waals surface area contributed by atoms with E-state index in [0.29, 0.717) is 0 Å². The molecule has 70 valence electrons. The summed E-state index contributed by atoms with van der Waals surface area (Å²) in [7, 11) is 1.80. The highest BCUT2D eigenvalue weighted by molar-refractivity contribution is 5.95. The first-order valence-electron chi connectivity index (χ1n) is 4.04. The molecule has 0 aliphatic heterocycles. The second-order valence-electron chi connectivity index (χ2n) is 2.55. The van der Waals surface area contributed by atoms with Crippen LogP contribution in [0.2, 0.25) is 0 Å². The van der Waals surface area contributed by atoms with E-state index >= 15 is 0 Å². The lowest BCUT2D eigenvalue weighted by Gasteiger charge is -2.08. The van der Waals surface area contributed by atoms with Crippen molar-refractivity contribution in [1.82, 2.24) is 0 Å². The Labute approximate surface area is 77.1 Å². The second kappa shape index (κ2) is 4.47. The van der Waals surface area contributed by atoms with Gasteiger partial charge in [0, 0.05) is 7.05 Å². The molecule has 0 atom stereocenters. The Morgan fingerprint density at radius 1 is 1.38 bits per heavy atom. The smallest absolute Gasteiger partial charge is 0.238 e. The van der Waals surface area contributed by atoms with E-state index in [2.05, 4.69) is 10.6 Å². The number of hydrogen-bond donors (Lipinski definition) is 3. The molecule has 1 aromatic rings. The van der Waals surface area contributed by atoms with E-state index < -0.39 is 0 Å². The fraction of sp³-hybridized carbons (Fsp3) is 0.222. The van der Waals surface area contributed by atoms with Crippen LogP contribution < -0.4 is 16.4 Å². The quantitative estimate of drug-likeness (QED) is 0.637. The molecule has 4 heteroatoms. The van der Waals surface area contributed by atoms with Gasteiger partial charge >= 0.3 is 0 Å². The third kappa shape index (κ3) is 2.45. The Morgan fingerprint density at radius 3 is 2.54 bits per heavy atom. The van der Waals surface area contributed by atoms with Crippen molar-refractivity contribution in [2.45, 2.75) is 0 Å². The maximum Gasteiger partial charge on any atom is 0.238 e. The molecule has 1 rings (SSSR count). The average molecular weight is 179 g/mol. The number of hydrogen-bond acceptors (Lipinski definition) is 3. The molecular weight excluding hydrogens is 166 g/mol. The van der Waals surface area contributed by atoms with Crippen LogP contribution in [-0.2, 0) is 4.79 Å². The number of carbonyl (C=O) groups excluding carboxylic acids is 1. The summed E-state index contributed by atoms with van der Waals surface area (Å²) < 4.78 is 0. The summed E-state index contributed by atoms with van der Waals surface area (Å²) in [4.78, 5) is 11.0. The van der Waals surface area contributed by atoms with E-state index in [9.17, 15) is 4.79 Å². The van der Waals surface area contributed by atoms with Crippen LogP contribution in [0.15, 0.2) is 24.3 Å². The summed E-state index contributed by atoms with van der Waals surface area (Å²) in [6.45, 7) is -0.00194. The molecule has 0 unspecified atom stereocenters. The van der Waals surface area contributed by atoms with E-state index in [1.165, 1.54) is 0 Å². The normalized spacial score (nSPS) is 9.38. The zero-order valence-corrected chi connectivity index (χ0v) is 7.50. The highest BCUT2D eigenvalue weighted by Crippen LogP contribution is 2.19. The Bertz CT molecular complexity index is 299. The lowest BCUT2D eigenvalue weighted by Crippen LogP contribution is -2.22. The van der Waals surface area contributed by atoms with Crippen molar-refractivity contribution in [2.75, 3.05) is 24.2 Å². The van der Waals surface area contributed by atoms with Crippen LogP contribution in [0.1, 0.15) is 0 Å². The predicted octanol–water partition coefficient (Wildman–Crippen LogP) is 0.625. The fourth-order valence-electron chi connectivity index (χ4n) is 1.01. The first kappa shape index (κ1) is 9.54. The van der Waals surface area contributed by atoms with Gasteiger partial charge in [-0.1, -0.05) is 12.1 Å². The van der Waals surface area contributed by atoms with E-state index in [-0.39, 0.29) is 12.5 Å². The van der Waals surface area contributed by atoms with Crippen LogP contribution >= 0.6 is 0 Å². The van der Waals surface area contributed by atoms with Gasteiger partial charge in [0.05, 0.1) is 17.9 Å². The number of amides is 1. The first-order valence-corrected chi connectivity index (χ1v) is 4.04. The van der Waals surface area contributed by atoms with Gasteiger partial charge in [-0.2, -0.15) is 0 Å². The fourth-order valence-corrected chi connectivity index (χ4v) is 1.01. The Hall–Kier alpha value is -1.55. The van der Waals surface area contributed by atoms with Crippen molar-refractivity contribution in [3.8, 4) is 0 Å². The SMILES string of the molecule is CNc1ccccc1NC(=O)CN. The maximum atomic E-state index is 11.0. The van der Waals surface area contributed by atoms with Gasteiger partial charge in [-0.15, -0.1) is 0 Å². The third-order valence-electron chi connectivity index (χ3n) is 1.66. The molecular formula is C9H13N3O. The van der Waals surface area contributed by atoms with Crippen molar-refractivity contribution < 1.29 is 4.79 Å². The van der Waals surface area contributed by atoms with Gasteiger partial charge in [-0.3, -0.25) is 4.79 Å². The minimum absolute atomic E-state index is 0.00194. The van der Waals surface area contributed by atoms with Crippen LogP contribution in [0.4, 0.5) is 11.4 Å². The van der Waals surface area contributed by atoms with Gasteiger partial charge in [0.15, 0.2) is 0 Å². The van der Waals surface area contributed by atoms with Gasteiger partial charge in [0.2, 0.25) is 5.91 Å². The molecule has 0 saturated carbocycles. The topological polar surface area (TPSA) is 67.1 Å². The highest BCUT2D eigenvalue weighted by Gasteiger charge is 2.02. The van der Waals surface area contributed by atoms with Gasteiger partial charge < -0.3 is 16.4 Å². The van der Waals surface area contributed by atoms with E-state index in [1.54, 1.807) is 7.05 Å². The molecule has 0 spiro atoms. The Kier molecular flexibility index (Phi) is 3.28. The minimum atomic E-state index is -0.192. The Balaban J connectivity index is 2.81. The Morgan fingerprint density at radius 2 is 2.00 bits per heavy atom. The monoisotopic (exact) mass is 179 g/mol. The van der Waals surface area contributed by atoms with E-state index in [0.717, 1.165) is 11.4 Å². The maximum absolute atomic E-state index is 11.0. The lowest BCUT2D eigenvalue weighted by molar-refractivity contribution is -0.114. The third-order valence-corrected chi connectivity index (χ3v) is 1.66. The van der Waals surface area contributed by atoms with Crippen LogP contribution in [0.3, 0.4) is 0 Å². The molecule has 0 heterocycles. The van der Waals surface area contributed by atoms with Gasteiger partial charge in [-0.05, 0) is 12.1 Å². The van der Waals surface area contributed by atoms with Crippen molar-refractivity contribution in [3.05, 3.63) is 24.3 Å². The van der Waals surface area contributed by atoms with Crippen LogP contribution in [-0.4, -0.2) is 19.5 Å². The molecule has 0 fully saturated rings. The van der Waals surface area contributed by atoms with E-state index in [1.807, 2.05) is 24.3 Å². The molecule has 1 amide bonds. The summed E-state index contributed by atoms with van der Waals surface area (Å²) in [6, 6.07) is 7.45. The summed E-state index contributed by atoms with van der Waals surface area (Å²) in [5.41, 5.74) is 6.81. The number of rotatable bonds is 3. The number of nitrogens with two attached hydrogens (primary N) is 1. The second-order valence-corrected chi connectivity index (χ2v) is 2.55. The van der Waals surface area contributed by atoms with E-state index in [4.69, 9.17) is 5.73 Å². The molecule has 0 radical (unpaired) electrons. The van der Waals surface area contributed by atoms with Crippen molar-refractivity contribution in [2.24, 2.45) is 5.73 Å². The molecule has 0 bridgehead atoms. The molecule has 4 N–H and O–H groups in total. The van der Waals surface area contributed by atoms with Gasteiger partial charge in [0.25, 0.3) is 0 Å². The van der Waals surface area contributed by atoms with Crippen LogP contribution in [0.5, 0.6) is 0 Å². The van der Waals surface area contributed by atoms with Gasteiger partial charge in [0.1, 0.15) is 0 Å².